The number of carbonyl (C=O) groups excluding carboxylic acids is 1. The van der Waals surface area contributed by atoms with Crippen LogP contribution in [0.1, 0.15) is 63.5 Å². The molecule has 1 saturated heterocycles. The Kier molecular flexibility index (Phi) is 10.0. The van der Waals surface area contributed by atoms with Gasteiger partial charge in [0.15, 0.2) is 0 Å². The van der Waals surface area contributed by atoms with Gasteiger partial charge >= 0.3 is 5.97 Å². The van der Waals surface area contributed by atoms with Crippen LogP contribution in [0.15, 0.2) is 45.7 Å². The molecular weight excluding hydrogens is 488 g/mol. The number of benzene rings is 1. The quantitative estimate of drug-likeness (QED) is 0.0976. The van der Waals surface area contributed by atoms with Crippen molar-refractivity contribution < 1.29 is 24.0 Å². The molecule has 0 bridgehead atoms. The van der Waals surface area contributed by atoms with Crippen molar-refractivity contribution in [3.05, 3.63) is 57.2 Å². The number of unbranched alkanes of at least 4 members (excludes halogenated alkanes) is 7. The Morgan fingerprint density at radius 1 is 1.06 bits per heavy atom. The predicted octanol–water partition coefficient (Wildman–Crippen LogP) is 6.65. The maximum atomic E-state index is 12.8. The number of rotatable bonds is 14. The first-order chi connectivity index (χ1) is 16.9. The van der Waals surface area contributed by atoms with E-state index in [0.29, 0.717) is 32.9 Å². The van der Waals surface area contributed by atoms with Gasteiger partial charge in [0.1, 0.15) is 15.8 Å². The van der Waals surface area contributed by atoms with Gasteiger partial charge in [-0.25, -0.2) is 0 Å². The summed E-state index contributed by atoms with van der Waals surface area (Å²) < 4.78 is 6.29. The van der Waals surface area contributed by atoms with Gasteiger partial charge in [-0.05, 0) is 31.0 Å². The zero-order valence-electron chi connectivity index (χ0n) is 19.3. The number of aliphatic carboxylic acids is 1. The topological polar surface area (TPSA) is 114 Å². The number of nitro groups is 1. The minimum absolute atomic E-state index is 0.0436. The van der Waals surface area contributed by atoms with E-state index < -0.39 is 10.9 Å². The van der Waals surface area contributed by atoms with Crippen LogP contribution in [0.4, 0.5) is 5.69 Å². The highest BCUT2D eigenvalue weighted by molar-refractivity contribution is 8.26. The van der Waals surface area contributed by atoms with Crippen LogP contribution < -0.4 is 0 Å². The minimum Gasteiger partial charge on any atom is -0.481 e. The average Bonchev–Trinajstić information content (AvgIpc) is 3.39. The molecule has 3 rings (SSSR count). The first kappa shape index (κ1) is 26.6. The Hall–Kier alpha value is -2.98. The van der Waals surface area contributed by atoms with Crippen molar-refractivity contribution in [1.29, 1.82) is 0 Å². The summed E-state index contributed by atoms with van der Waals surface area (Å²) in [6.45, 7) is 0.570. The number of nitrogens with zero attached hydrogens (tertiary/aromatic N) is 2. The van der Waals surface area contributed by atoms with E-state index >= 15 is 0 Å². The number of nitro benzene ring substituents is 1. The molecule has 1 N–H and O–H groups in total. The molecule has 0 radical (unpaired) electrons. The number of carboxylic acids is 1. The van der Waals surface area contributed by atoms with Crippen LogP contribution in [0.5, 0.6) is 0 Å². The third kappa shape index (κ3) is 7.76. The molecular formula is C25H28N2O6S2. The summed E-state index contributed by atoms with van der Waals surface area (Å²) in [5, 5.41) is 19.9. The molecule has 0 unspecified atom stereocenters. The summed E-state index contributed by atoms with van der Waals surface area (Å²) in [4.78, 5) is 36.2. The number of thioether (sulfide) groups is 1. The minimum atomic E-state index is -0.733. The third-order valence-corrected chi connectivity index (χ3v) is 7.04. The molecule has 2 heterocycles. The van der Waals surface area contributed by atoms with Gasteiger partial charge < -0.3 is 9.52 Å². The molecule has 186 valence electrons. The van der Waals surface area contributed by atoms with Crippen molar-refractivity contribution in [1.82, 2.24) is 4.90 Å². The van der Waals surface area contributed by atoms with Gasteiger partial charge in [-0.15, -0.1) is 0 Å². The smallest absolute Gasteiger partial charge is 0.303 e. The Bertz CT molecular complexity index is 1110. The highest BCUT2D eigenvalue weighted by Crippen LogP contribution is 2.35. The predicted molar refractivity (Wildman–Crippen MR) is 140 cm³/mol. The molecule has 0 atom stereocenters. The summed E-state index contributed by atoms with van der Waals surface area (Å²) in [5.41, 5.74) is 0.336. The van der Waals surface area contributed by atoms with E-state index in [2.05, 4.69) is 0 Å². The second kappa shape index (κ2) is 13.2. The highest BCUT2D eigenvalue weighted by Gasteiger charge is 2.31. The number of carboxylic acid groups (broad SMARTS) is 1. The maximum absolute atomic E-state index is 12.8. The number of amides is 1. The fourth-order valence-electron chi connectivity index (χ4n) is 3.85. The van der Waals surface area contributed by atoms with Crippen LogP contribution in [-0.2, 0) is 9.59 Å². The second-order valence-corrected chi connectivity index (χ2v) is 9.96. The summed E-state index contributed by atoms with van der Waals surface area (Å²) in [7, 11) is 0. The molecule has 1 aliphatic rings. The summed E-state index contributed by atoms with van der Waals surface area (Å²) in [6.07, 6.45) is 9.76. The fraction of sp³-hybridized carbons (Fsp3) is 0.400. The second-order valence-electron chi connectivity index (χ2n) is 8.28. The van der Waals surface area contributed by atoms with E-state index in [-0.39, 0.29) is 18.0 Å². The number of para-hydroxylation sites is 1. The van der Waals surface area contributed by atoms with Crippen LogP contribution in [0.2, 0.25) is 0 Å². The van der Waals surface area contributed by atoms with Gasteiger partial charge in [-0.3, -0.25) is 24.6 Å². The van der Waals surface area contributed by atoms with Crippen molar-refractivity contribution in [2.75, 3.05) is 6.54 Å². The molecule has 8 nitrogen and oxygen atoms in total. The Morgan fingerprint density at radius 3 is 2.40 bits per heavy atom. The normalized spacial score (nSPS) is 14.7. The Labute approximate surface area is 213 Å². The SMILES string of the molecule is O=C(O)CCCCCCCCCCN1C(=O)/C(=C\c2ccc(-c3ccccc3[N+](=O)[O-])o2)SC1=S. The molecule has 0 aliphatic carbocycles. The fourth-order valence-corrected chi connectivity index (χ4v) is 5.13. The highest BCUT2D eigenvalue weighted by atomic mass is 32.2. The number of hydrogen-bond acceptors (Lipinski definition) is 7. The molecule has 2 aromatic rings. The first-order valence-corrected chi connectivity index (χ1v) is 12.9. The summed E-state index contributed by atoms with van der Waals surface area (Å²) in [6, 6.07) is 9.69. The standard InChI is InChI=1S/C25H28N2O6S2/c28-23(29)13-7-5-3-1-2-4-6-10-16-26-24(30)22(35-25(26)34)17-18-14-15-21(33-18)19-11-8-9-12-20(19)27(31)32/h8-9,11-12,14-15,17H,1-7,10,13,16H2,(H,28,29)/b22-17+. The lowest BCUT2D eigenvalue weighted by Crippen LogP contribution is -2.29. The molecule has 10 heteroatoms. The van der Waals surface area contributed by atoms with Crippen LogP contribution in [0.25, 0.3) is 17.4 Å². The van der Waals surface area contributed by atoms with Crippen LogP contribution in [0.3, 0.4) is 0 Å². The van der Waals surface area contributed by atoms with Crippen LogP contribution in [0, 0.1) is 10.1 Å². The van der Waals surface area contributed by atoms with Crippen molar-refractivity contribution >= 4 is 51.9 Å². The van der Waals surface area contributed by atoms with E-state index in [1.165, 1.54) is 17.8 Å². The lowest BCUT2D eigenvalue weighted by Gasteiger charge is -2.14. The van der Waals surface area contributed by atoms with Gasteiger partial charge in [-0.1, -0.05) is 74.6 Å². The Morgan fingerprint density at radius 2 is 1.71 bits per heavy atom. The van der Waals surface area contributed by atoms with Gasteiger partial charge in [0.05, 0.1) is 15.4 Å². The first-order valence-electron chi connectivity index (χ1n) is 11.7. The molecule has 1 aliphatic heterocycles. The van der Waals surface area contributed by atoms with E-state index in [1.54, 1.807) is 41.3 Å². The van der Waals surface area contributed by atoms with Crippen molar-refractivity contribution in [2.24, 2.45) is 0 Å². The molecule has 0 saturated carbocycles. The number of hydrogen-bond donors (Lipinski definition) is 1. The number of thiocarbonyl (C=S) groups is 1. The molecule has 1 amide bonds. The largest absolute Gasteiger partial charge is 0.481 e. The van der Waals surface area contributed by atoms with Gasteiger partial charge in [0, 0.05) is 25.1 Å². The third-order valence-electron chi connectivity index (χ3n) is 5.66. The number of furan rings is 1. The van der Waals surface area contributed by atoms with Gasteiger partial charge in [-0.2, -0.15) is 0 Å². The molecule has 1 aromatic carbocycles. The van der Waals surface area contributed by atoms with Gasteiger partial charge in [0.25, 0.3) is 11.6 Å². The maximum Gasteiger partial charge on any atom is 0.303 e. The number of carbonyl (C=O) groups is 2. The monoisotopic (exact) mass is 516 g/mol. The summed E-state index contributed by atoms with van der Waals surface area (Å²) in [5.74, 6) is -0.0899. The zero-order valence-corrected chi connectivity index (χ0v) is 20.9. The summed E-state index contributed by atoms with van der Waals surface area (Å²) >= 11 is 6.63. The van der Waals surface area contributed by atoms with Crippen LogP contribution >= 0.6 is 24.0 Å². The van der Waals surface area contributed by atoms with Crippen molar-refractivity contribution in [3.8, 4) is 11.3 Å². The lowest BCUT2D eigenvalue weighted by molar-refractivity contribution is -0.384. The average molecular weight is 517 g/mol. The van der Waals surface area contributed by atoms with E-state index in [1.807, 2.05) is 0 Å². The molecule has 35 heavy (non-hydrogen) atoms. The van der Waals surface area contributed by atoms with Crippen molar-refractivity contribution in [2.45, 2.75) is 57.8 Å². The van der Waals surface area contributed by atoms with E-state index in [0.717, 1.165) is 51.4 Å². The lowest BCUT2D eigenvalue weighted by atomic mass is 10.1. The molecule has 0 spiro atoms. The van der Waals surface area contributed by atoms with E-state index in [9.17, 15) is 19.7 Å². The Balaban J connectivity index is 1.46. The van der Waals surface area contributed by atoms with Crippen molar-refractivity contribution in [3.63, 3.8) is 0 Å². The van der Waals surface area contributed by atoms with E-state index in [4.69, 9.17) is 21.7 Å². The van der Waals surface area contributed by atoms with Crippen LogP contribution in [-0.4, -0.2) is 37.7 Å². The molecule has 1 fully saturated rings. The zero-order chi connectivity index (χ0) is 25.2. The molecule has 1 aromatic heterocycles. The van der Waals surface area contributed by atoms with Gasteiger partial charge in [0.2, 0.25) is 0 Å².